The van der Waals surface area contributed by atoms with E-state index in [9.17, 15) is 5.11 Å². The highest BCUT2D eigenvalue weighted by Gasteiger charge is 2.38. The molecule has 1 fully saturated rings. The van der Waals surface area contributed by atoms with Crippen molar-refractivity contribution in [1.82, 2.24) is 4.90 Å². The van der Waals surface area contributed by atoms with Crippen LogP contribution in [0.15, 0.2) is 0 Å². The second-order valence-electron chi connectivity index (χ2n) is 4.39. The fourth-order valence-electron chi connectivity index (χ4n) is 2.37. The van der Waals surface area contributed by atoms with Gasteiger partial charge in [0.15, 0.2) is 12.6 Å². The van der Waals surface area contributed by atoms with E-state index in [-0.39, 0.29) is 0 Å². The zero-order chi connectivity index (χ0) is 9.42. The highest BCUT2D eigenvalue weighted by Crippen LogP contribution is 2.18. The number of fused-ring (bicyclic) bond motifs is 1. The Balaban J connectivity index is 2.05. The van der Waals surface area contributed by atoms with Crippen molar-refractivity contribution in [3.63, 3.8) is 0 Å². The molecule has 3 heteroatoms. The summed E-state index contributed by atoms with van der Waals surface area (Å²) in [6.45, 7) is 7.72. The molecule has 13 heavy (non-hydrogen) atoms. The molecule has 0 radical (unpaired) electrons. The van der Waals surface area contributed by atoms with Gasteiger partial charge in [0.25, 0.3) is 0 Å². The first kappa shape index (κ1) is 9.00. The van der Waals surface area contributed by atoms with Gasteiger partial charge in [0.1, 0.15) is 0 Å². The maximum Gasteiger partial charge on any atom is 0.334 e. The van der Waals surface area contributed by atoms with E-state index < -0.39 is 0 Å². The molecule has 2 rings (SSSR count). The number of nitrogens with zero attached hydrogens (tertiary/aromatic N) is 2. The van der Waals surface area contributed by atoms with Crippen LogP contribution in [0, 0.1) is 0 Å². The largest absolute Gasteiger partial charge is 0.464 e. The van der Waals surface area contributed by atoms with E-state index in [1.54, 1.807) is 0 Å². The summed E-state index contributed by atoms with van der Waals surface area (Å²) in [5.41, 5.74) is 0. The molecule has 0 aromatic carbocycles. The minimum absolute atomic E-state index is 0.580. The van der Waals surface area contributed by atoms with Crippen LogP contribution in [0.1, 0.15) is 26.7 Å². The summed E-state index contributed by atoms with van der Waals surface area (Å²) in [6.07, 6.45) is 2.02. The van der Waals surface area contributed by atoms with Crippen LogP contribution in [0.25, 0.3) is 0 Å². The van der Waals surface area contributed by atoms with Crippen molar-refractivity contribution >= 4 is 5.90 Å². The molecule has 0 bridgehead atoms. The smallest absolute Gasteiger partial charge is 0.334 e. The van der Waals surface area contributed by atoms with Gasteiger partial charge in [-0.15, -0.1) is 0 Å². The highest BCUT2D eigenvalue weighted by molar-refractivity contribution is 5.69. The van der Waals surface area contributed by atoms with E-state index >= 15 is 0 Å². The third kappa shape index (κ3) is 1.57. The van der Waals surface area contributed by atoms with Crippen molar-refractivity contribution in [2.75, 3.05) is 19.6 Å². The van der Waals surface area contributed by atoms with Crippen molar-refractivity contribution in [3.05, 3.63) is 0 Å². The Morgan fingerprint density at radius 2 is 2.31 bits per heavy atom. The van der Waals surface area contributed by atoms with E-state index in [0.717, 1.165) is 32.5 Å². The van der Waals surface area contributed by atoms with Crippen LogP contribution in [0.5, 0.6) is 0 Å². The lowest BCUT2D eigenvalue weighted by Crippen LogP contribution is -2.50. The number of aliphatic hydroxyl groups excluding tert-OH is 1. The summed E-state index contributed by atoms with van der Waals surface area (Å²) >= 11 is 0. The highest BCUT2D eigenvalue weighted by atomic mass is 16.3. The Labute approximate surface area is 79.7 Å². The van der Waals surface area contributed by atoms with Crippen molar-refractivity contribution in [3.8, 4) is 0 Å². The van der Waals surface area contributed by atoms with Gasteiger partial charge in [-0.25, -0.2) is 0 Å². The molecule has 1 N–H and O–H groups in total. The minimum Gasteiger partial charge on any atom is -0.464 e. The summed E-state index contributed by atoms with van der Waals surface area (Å²) in [7, 11) is 0. The molecular formula is C10H19N2O+. The van der Waals surface area contributed by atoms with Crippen LogP contribution in [-0.4, -0.2) is 52.2 Å². The zero-order valence-corrected chi connectivity index (χ0v) is 8.53. The SMILES string of the molecule is CC(C)N1CC[N+]2=C(O)CC[C@H]2C1. The molecular weight excluding hydrogens is 164 g/mol. The Kier molecular flexibility index (Phi) is 2.28. The molecule has 0 unspecified atom stereocenters. The standard InChI is InChI=1S/C10H18N2O/c1-8(2)11-5-6-12-9(7-11)3-4-10(12)13/h8-9H,3-7H2,1-2H3/p+1/t9-/m0/s1. The fourth-order valence-corrected chi connectivity index (χ4v) is 2.37. The molecule has 2 aliphatic rings. The lowest BCUT2D eigenvalue weighted by molar-refractivity contribution is -0.577. The molecule has 1 atom stereocenters. The van der Waals surface area contributed by atoms with Crippen LogP contribution in [-0.2, 0) is 0 Å². The second kappa shape index (κ2) is 3.29. The number of hydrogen-bond acceptors (Lipinski definition) is 1. The minimum atomic E-state index is 0.580. The first-order valence-electron chi connectivity index (χ1n) is 5.24. The van der Waals surface area contributed by atoms with E-state index in [2.05, 4.69) is 23.3 Å². The third-order valence-electron chi connectivity index (χ3n) is 3.28. The van der Waals surface area contributed by atoms with Gasteiger partial charge in [0.2, 0.25) is 0 Å². The van der Waals surface area contributed by atoms with Gasteiger partial charge in [0.05, 0.1) is 19.5 Å². The molecule has 0 aliphatic carbocycles. The summed E-state index contributed by atoms with van der Waals surface area (Å²) in [4.78, 5) is 2.50. The van der Waals surface area contributed by atoms with Gasteiger partial charge in [-0.05, 0) is 13.8 Å². The van der Waals surface area contributed by atoms with Crippen molar-refractivity contribution in [1.29, 1.82) is 0 Å². The molecule has 0 aromatic rings. The normalized spacial score (nSPS) is 29.9. The molecule has 1 saturated heterocycles. The van der Waals surface area contributed by atoms with Gasteiger partial charge in [-0.2, -0.15) is 4.58 Å². The Hall–Kier alpha value is -0.570. The molecule has 2 aliphatic heterocycles. The van der Waals surface area contributed by atoms with Crippen molar-refractivity contribution in [2.45, 2.75) is 38.8 Å². The first-order valence-corrected chi connectivity index (χ1v) is 5.24. The number of aliphatic hydroxyl groups is 1. The van der Waals surface area contributed by atoms with Gasteiger partial charge in [-0.3, -0.25) is 4.90 Å². The average molecular weight is 183 g/mol. The average Bonchev–Trinajstić information content (AvgIpc) is 2.47. The van der Waals surface area contributed by atoms with E-state index in [1.807, 2.05) is 0 Å². The second-order valence-corrected chi connectivity index (χ2v) is 4.39. The maximum atomic E-state index is 9.57. The zero-order valence-electron chi connectivity index (χ0n) is 8.53. The third-order valence-corrected chi connectivity index (χ3v) is 3.28. The Morgan fingerprint density at radius 1 is 1.54 bits per heavy atom. The topological polar surface area (TPSA) is 26.5 Å². The monoisotopic (exact) mass is 183 g/mol. The molecule has 2 heterocycles. The lowest BCUT2D eigenvalue weighted by atomic mass is 10.1. The number of piperazine rings is 1. The fraction of sp³-hybridized carbons (Fsp3) is 0.900. The molecule has 0 amide bonds. The van der Waals surface area contributed by atoms with E-state index in [0.29, 0.717) is 18.0 Å². The van der Waals surface area contributed by atoms with Crippen molar-refractivity contribution in [2.24, 2.45) is 0 Å². The predicted molar refractivity (Wildman–Crippen MR) is 52.5 cm³/mol. The van der Waals surface area contributed by atoms with Crippen LogP contribution in [0.3, 0.4) is 0 Å². The lowest BCUT2D eigenvalue weighted by Gasteiger charge is -2.31. The molecule has 0 saturated carbocycles. The molecule has 0 spiro atoms. The molecule has 0 aromatic heterocycles. The number of rotatable bonds is 1. The van der Waals surface area contributed by atoms with Gasteiger partial charge >= 0.3 is 5.90 Å². The van der Waals surface area contributed by atoms with Gasteiger partial charge < -0.3 is 5.11 Å². The van der Waals surface area contributed by atoms with Gasteiger partial charge in [0, 0.05) is 12.5 Å². The van der Waals surface area contributed by atoms with E-state index in [4.69, 9.17) is 0 Å². The van der Waals surface area contributed by atoms with Gasteiger partial charge in [-0.1, -0.05) is 0 Å². The summed E-state index contributed by atoms with van der Waals surface area (Å²) in [6, 6.07) is 1.22. The van der Waals surface area contributed by atoms with Crippen LogP contribution >= 0.6 is 0 Å². The van der Waals surface area contributed by atoms with Crippen LogP contribution in [0.2, 0.25) is 0 Å². The number of hydrogen-bond donors (Lipinski definition) is 1. The molecule has 3 nitrogen and oxygen atoms in total. The van der Waals surface area contributed by atoms with Crippen molar-refractivity contribution < 1.29 is 9.68 Å². The Morgan fingerprint density at radius 3 is 3.00 bits per heavy atom. The summed E-state index contributed by atoms with van der Waals surface area (Å²) in [5.74, 6) is 0.619. The quantitative estimate of drug-likeness (QED) is 0.610. The van der Waals surface area contributed by atoms with E-state index in [1.165, 1.54) is 0 Å². The van der Waals surface area contributed by atoms with Crippen LogP contribution < -0.4 is 0 Å². The first-order chi connectivity index (χ1) is 6.18. The Bertz CT molecular complexity index is 235. The predicted octanol–water partition coefficient (Wildman–Crippen LogP) is 0.842. The van der Waals surface area contributed by atoms with Crippen LogP contribution in [0.4, 0.5) is 0 Å². The maximum absolute atomic E-state index is 9.57. The summed E-state index contributed by atoms with van der Waals surface area (Å²) in [5, 5.41) is 9.57. The molecule has 74 valence electrons. The summed E-state index contributed by atoms with van der Waals surface area (Å²) < 4.78 is 2.18.